The third-order valence-corrected chi connectivity index (χ3v) is 5.98. The maximum atomic E-state index is 12.2. The number of aromatic nitrogens is 1. The van der Waals surface area contributed by atoms with Crippen molar-refractivity contribution < 1.29 is 8.42 Å². The molecular weight excluding hydrogens is 406 g/mol. The van der Waals surface area contributed by atoms with Crippen LogP contribution < -0.4 is 15.4 Å². The molecule has 1 heterocycles. The second-order valence-electron chi connectivity index (χ2n) is 5.65. The van der Waals surface area contributed by atoms with Gasteiger partial charge in [0.05, 0.1) is 22.1 Å². The van der Waals surface area contributed by atoms with Gasteiger partial charge in [-0.1, -0.05) is 17.7 Å². The van der Waals surface area contributed by atoms with E-state index in [0.29, 0.717) is 24.1 Å². The Bertz CT molecular complexity index is 868. The monoisotopic (exact) mass is 429 g/mol. The van der Waals surface area contributed by atoms with Crippen LogP contribution in [-0.4, -0.2) is 45.5 Å². The molecule has 27 heavy (non-hydrogen) atoms. The van der Waals surface area contributed by atoms with Crippen molar-refractivity contribution in [1.82, 2.24) is 20.3 Å². The third kappa shape index (κ3) is 7.45. The van der Waals surface area contributed by atoms with Crippen molar-refractivity contribution in [3.63, 3.8) is 0 Å². The first-order chi connectivity index (χ1) is 12.9. The van der Waals surface area contributed by atoms with Crippen LogP contribution in [0.25, 0.3) is 0 Å². The summed E-state index contributed by atoms with van der Waals surface area (Å²) in [5.74, 6) is 0.645. The number of benzene rings is 1. The Kier molecular flexibility index (Phi) is 8.49. The summed E-state index contributed by atoms with van der Waals surface area (Å²) in [6.45, 7) is 5.88. The van der Waals surface area contributed by atoms with E-state index >= 15 is 0 Å². The summed E-state index contributed by atoms with van der Waals surface area (Å²) >= 11 is 7.48. The van der Waals surface area contributed by atoms with E-state index in [2.05, 4.69) is 25.3 Å². The highest BCUT2D eigenvalue weighted by Crippen LogP contribution is 2.14. The maximum Gasteiger partial charge on any atom is 0.240 e. The topological polar surface area (TPSA) is 95.5 Å². The van der Waals surface area contributed by atoms with E-state index in [1.165, 1.54) is 12.1 Å². The molecule has 0 bridgehead atoms. The van der Waals surface area contributed by atoms with Crippen molar-refractivity contribution in [1.29, 1.82) is 0 Å². The van der Waals surface area contributed by atoms with Crippen molar-refractivity contribution in [2.45, 2.75) is 25.2 Å². The summed E-state index contributed by atoms with van der Waals surface area (Å²) in [7, 11) is -3.60. The normalized spacial score (nSPS) is 12.2. The van der Waals surface area contributed by atoms with E-state index < -0.39 is 10.0 Å². The average molecular weight is 430 g/mol. The highest BCUT2D eigenvalue weighted by atomic mass is 35.5. The molecule has 0 aliphatic carbocycles. The molecule has 3 N–H and O–H groups in total. The minimum atomic E-state index is -3.60. The standard InChI is InChI=1S/C17H24ClN5O2S2/c1-3-19-17(20-8-7-15-12-26-13(2)23-15)21-9-10-22-27(24,25)16-6-4-5-14(18)11-16/h4-6,11-12,22H,3,7-10H2,1-2H3,(H2,19,20,21). The summed E-state index contributed by atoms with van der Waals surface area (Å²) in [6.07, 6.45) is 0.802. The van der Waals surface area contributed by atoms with Gasteiger partial charge in [-0.2, -0.15) is 0 Å². The Balaban J connectivity index is 1.81. The van der Waals surface area contributed by atoms with Crippen LogP contribution in [-0.2, 0) is 16.4 Å². The van der Waals surface area contributed by atoms with Crippen LogP contribution in [0.1, 0.15) is 17.6 Å². The number of rotatable bonds is 9. The fourth-order valence-corrected chi connectivity index (χ4v) is 4.21. The predicted molar refractivity (Wildman–Crippen MR) is 111 cm³/mol. The van der Waals surface area contributed by atoms with Gasteiger partial charge in [-0.3, -0.25) is 4.99 Å². The molecule has 0 radical (unpaired) electrons. The first-order valence-corrected chi connectivity index (χ1v) is 11.3. The first kappa shape index (κ1) is 21.6. The van der Waals surface area contributed by atoms with E-state index in [1.807, 2.05) is 19.2 Å². The Morgan fingerprint density at radius 1 is 1.30 bits per heavy atom. The quantitative estimate of drug-likeness (QED) is 0.322. The number of hydrogen-bond acceptors (Lipinski definition) is 5. The van der Waals surface area contributed by atoms with Crippen LogP contribution in [0.5, 0.6) is 0 Å². The van der Waals surface area contributed by atoms with Crippen LogP contribution in [0.4, 0.5) is 0 Å². The SMILES string of the molecule is CCNC(=NCCNS(=O)(=O)c1cccc(Cl)c1)NCCc1csc(C)n1. The lowest BCUT2D eigenvalue weighted by atomic mass is 10.3. The molecule has 0 aliphatic rings. The lowest BCUT2D eigenvalue weighted by molar-refractivity contribution is 0.582. The van der Waals surface area contributed by atoms with Gasteiger partial charge in [0.2, 0.25) is 10.0 Å². The molecule has 2 rings (SSSR count). The zero-order chi connectivity index (χ0) is 19.7. The minimum Gasteiger partial charge on any atom is -0.357 e. The van der Waals surface area contributed by atoms with E-state index in [0.717, 1.165) is 23.7 Å². The molecule has 148 valence electrons. The number of guanidine groups is 1. The van der Waals surface area contributed by atoms with Crippen molar-refractivity contribution in [3.05, 3.63) is 45.4 Å². The molecule has 7 nitrogen and oxygen atoms in total. The second-order valence-corrected chi connectivity index (χ2v) is 8.92. The van der Waals surface area contributed by atoms with Crippen LogP contribution in [0, 0.1) is 6.92 Å². The summed E-state index contributed by atoms with van der Waals surface area (Å²) in [4.78, 5) is 8.95. The molecule has 0 saturated carbocycles. The predicted octanol–water partition coefficient (Wildman–Crippen LogP) is 2.18. The van der Waals surface area contributed by atoms with Gasteiger partial charge in [-0.05, 0) is 32.0 Å². The van der Waals surface area contributed by atoms with Crippen molar-refractivity contribution in [2.24, 2.45) is 4.99 Å². The molecule has 1 aromatic heterocycles. The molecule has 0 spiro atoms. The molecule has 0 fully saturated rings. The average Bonchev–Trinajstić information content (AvgIpc) is 3.04. The van der Waals surface area contributed by atoms with Crippen LogP contribution in [0.2, 0.25) is 5.02 Å². The summed E-state index contributed by atoms with van der Waals surface area (Å²) in [6, 6.07) is 6.15. The Morgan fingerprint density at radius 3 is 2.78 bits per heavy atom. The zero-order valence-electron chi connectivity index (χ0n) is 15.3. The molecule has 0 unspecified atom stereocenters. The summed E-state index contributed by atoms with van der Waals surface area (Å²) < 4.78 is 27.0. The van der Waals surface area contributed by atoms with Crippen molar-refractivity contribution in [2.75, 3.05) is 26.2 Å². The highest BCUT2D eigenvalue weighted by Gasteiger charge is 2.13. The van der Waals surface area contributed by atoms with Gasteiger partial charge < -0.3 is 10.6 Å². The number of aliphatic imine (C=N–C) groups is 1. The third-order valence-electron chi connectivity index (χ3n) is 3.46. The minimum absolute atomic E-state index is 0.141. The van der Waals surface area contributed by atoms with Crippen molar-refractivity contribution in [3.8, 4) is 0 Å². The van der Waals surface area contributed by atoms with E-state index in [-0.39, 0.29) is 11.4 Å². The number of nitrogens with one attached hydrogen (secondary N) is 3. The fourth-order valence-electron chi connectivity index (χ4n) is 2.24. The Morgan fingerprint density at radius 2 is 2.11 bits per heavy atom. The fraction of sp³-hybridized carbons (Fsp3) is 0.412. The largest absolute Gasteiger partial charge is 0.357 e. The summed E-state index contributed by atoms with van der Waals surface area (Å²) in [5.41, 5.74) is 1.05. The molecule has 10 heteroatoms. The molecule has 0 aliphatic heterocycles. The number of halogens is 1. The number of hydrogen-bond donors (Lipinski definition) is 3. The lowest BCUT2D eigenvalue weighted by Gasteiger charge is -2.11. The molecular formula is C17H24ClN5O2S2. The van der Waals surface area contributed by atoms with Gasteiger partial charge in [0.1, 0.15) is 0 Å². The molecule has 0 amide bonds. The Hall–Kier alpha value is -1.68. The van der Waals surface area contributed by atoms with E-state index in [1.54, 1.807) is 23.5 Å². The van der Waals surface area contributed by atoms with Crippen molar-refractivity contribution >= 4 is 38.9 Å². The molecule has 2 aromatic rings. The molecule has 0 atom stereocenters. The van der Waals surface area contributed by atoms with E-state index in [9.17, 15) is 8.42 Å². The smallest absolute Gasteiger partial charge is 0.240 e. The number of nitrogens with zero attached hydrogens (tertiary/aromatic N) is 2. The Labute approximate surface area is 169 Å². The van der Waals surface area contributed by atoms with Crippen LogP contribution in [0.3, 0.4) is 0 Å². The number of aryl methyl sites for hydroxylation is 1. The first-order valence-electron chi connectivity index (χ1n) is 8.59. The van der Waals surface area contributed by atoms with Gasteiger partial charge in [-0.15, -0.1) is 11.3 Å². The maximum absolute atomic E-state index is 12.2. The van der Waals surface area contributed by atoms with Crippen LogP contribution >= 0.6 is 22.9 Å². The zero-order valence-corrected chi connectivity index (χ0v) is 17.7. The van der Waals surface area contributed by atoms with Crippen LogP contribution in [0.15, 0.2) is 39.5 Å². The molecule has 1 aromatic carbocycles. The van der Waals surface area contributed by atoms with Gasteiger partial charge in [-0.25, -0.2) is 18.1 Å². The van der Waals surface area contributed by atoms with Gasteiger partial charge in [0.15, 0.2) is 5.96 Å². The van der Waals surface area contributed by atoms with E-state index in [4.69, 9.17) is 11.6 Å². The van der Waals surface area contributed by atoms with Gasteiger partial charge in [0.25, 0.3) is 0 Å². The number of thiazole rings is 1. The highest BCUT2D eigenvalue weighted by molar-refractivity contribution is 7.89. The molecule has 0 saturated heterocycles. The number of sulfonamides is 1. The lowest BCUT2D eigenvalue weighted by Crippen LogP contribution is -2.39. The van der Waals surface area contributed by atoms with Gasteiger partial charge >= 0.3 is 0 Å². The summed E-state index contributed by atoms with van der Waals surface area (Å²) in [5, 5.41) is 9.84. The van der Waals surface area contributed by atoms with Gasteiger partial charge in [0, 0.05) is 36.5 Å². The second kappa shape index (κ2) is 10.6.